The highest BCUT2D eigenvalue weighted by Crippen LogP contribution is 2.40. The summed E-state index contributed by atoms with van der Waals surface area (Å²) in [4.78, 5) is 0. The molecule has 3 nitrogen and oxygen atoms in total. The SMILES string of the molecule is COc1ccc(C(OC)(c2ccccc2)c2ccc(OC)cc2)cc1. The molecule has 3 rings (SSSR count). The quantitative estimate of drug-likeness (QED) is 0.615. The van der Waals surface area contributed by atoms with Gasteiger partial charge in [-0.1, -0.05) is 54.6 Å². The summed E-state index contributed by atoms with van der Waals surface area (Å²) in [6, 6.07) is 26.2. The van der Waals surface area contributed by atoms with Crippen LogP contribution in [0.25, 0.3) is 0 Å². The molecule has 0 aliphatic heterocycles. The minimum Gasteiger partial charge on any atom is -0.497 e. The topological polar surface area (TPSA) is 27.7 Å². The maximum absolute atomic E-state index is 6.16. The molecule has 0 bridgehead atoms. The third kappa shape index (κ3) is 3.11. The van der Waals surface area contributed by atoms with Crippen LogP contribution in [0.15, 0.2) is 78.9 Å². The number of hydrogen-bond donors (Lipinski definition) is 0. The maximum atomic E-state index is 6.16. The molecule has 3 aromatic rings. The van der Waals surface area contributed by atoms with E-state index in [2.05, 4.69) is 12.1 Å². The second-order valence-electron chi connectivity index (χ2n) is 5.71. The van der Waals surface area contributed by atoms with Gasteiger partial charge in [0, 0.05) is 7.11 Å². The lowest BCUT2D eigenvalue weighted by atomic mass is 9.80. The van der Waals surface area contributed by atoms with Crippen molar-refractivity contribution < 1.29 is 14.2 Å². The summed E-state index contributed by atoms with van der Waals surface area (Å²) in [7, 11) is 5.07. The molecule has 0 saturated carbocycles. The highest BCUT2D eigenvalue weighted by atomic mass is 16.5. The van der Waals surface area contributed by atoms with Gasteiger partial charge in [0.05, 0.1) is 14.2 Å². The Morgan fingerprint density at radius 1 is 0.520 bits per heavy atom. The minimum absolute atomic E-state index is 0.709. The second-order valence-corrected chi connectivity index (χ2v) is 5.71. The van der Waals surface area contributed by atoms with E-state index in [0.29, 0.717) is 0 Å². The van der Waals surface area contributed by atoms with Gasteiger partial charge in [-0.15, -0.1) is 0 Å². The molecule has 0 saturated heterocycles. The first-order valence-electron chi connectivity index (χ1n) is 8.14. The fraction of sp³-hybridized carbons (Fsp3) is 0.182. The Morgan fingerprint density at radius 2 is 0.920 bits per heavy atom. The van der Waals surface area contributed by atoms with E-state index in [1.165, 1.54) is 0 Å². The average molecular weight is 334 g/mol. The van der Waals surface area contributed by atoms with Crippen molar-refractivity contribution in [1.29, 1.82) is 0 Å². The van der Waals surface area contributed by atoms with Gasteiger partial charge in [0.2, 0.25) is 0 Å². The summed E-state index contributed by atoms with van der Waals surface area (Å²) in [5.74, 6) is 1.63. The van der Waals surface area contributed by atoms with Crippen LogP contribution in [-0.4, -0.2) is 21.3 Å². The molecular weight excluding hydrogens is 312 g/mol. The maximum Gasteiger partial charge on any atom is 0.143 e. The molecule has 0 heterocycles. The Bertz CT molecular complexity index is 745. The van der Waals surface area contributed by atoms with Gasteiger partial charge < -0.3 is 14.2 Å². The molecule has 0 radical (unpaired) electrons. The minimum atomic E-state index is -0.709. The first kappa shape index (κ1) is 17.1. The van der Waals surface area contributed by atoms with Gasteiger partial charge >= 0.3 is 0 Å². The zero-order chi connectivity index (χ0) is 17.7. The Balaban J connectivity index is 2.21. The van der Waals surface area contributed by atoms with Gasteiger partial charge in [-0.05, 0) is 41.0 Å². The van der Waals surface area contributed by atoms with Gasteiger partial charge in [-0.3, -0.25) is 0 Å². The van der Waals surface area contributed by atoms with Crippen LogP contribution < -0.4 is 9.47 Å². The predicted octanol–water partition coefficient (Wildman–Crippen LogP) is 4.64. The van der Waals surface area contributed by atoms with Crippen molar-refractivity contribution in [3.05, 3.63) is 95.6 Å². The molecule has 25 heavy (non-hydrogen) atoms. The monoisotopic (exact) mass is 334 g/mol. The van der Waals surface area contributed by atoms with E-state index in [4.69, 9.17) is 14.2 Å². The highest BCUT2D eigenvalue weighted by molar-refractivity contribution is 5.49. The zero-order valence-electron chi connectivity index (χ0n) is 14.7. The number of hydrogen-bond acceptors (Lipinski definition) is 3. The molecule has 0 aliphatic carbocycles. The fourth-order valence-corrected chi connectivity index (χ4v) is 3.18. The molecule has 0 spiro atoms. The summed E-state index contributed by atoms with van der Waals surface area (Å²) in [6.07, 6.45) is 0. The van der Waals surface area contributed by atoms with E-state index in [9.17, 15) is 0 Å². The third-order valence-corrected chi connectivity index (χ3v) is 4.48. The number of benzene rings is 3. The fourth-order valence-electron chi connectivity index (χ4n) is 3.18. The van der Waals surface area contributed by atoms with Crippen molar-refractivity contribution in [3.63, 3.8) is 0 Å². The normalized spacial score (nSPS) is 11.2. The van der Waals surface area contributed by atoms with Crippen molar-refractivity contribution in [2.45, 2.75) is 5.60 Å². The first-order chi connectivity index (χ1) is 12.2. The van der Waals surface area contributed by atoms with Crippen LogP contribution in [0.4, 0.5) is 0 Å². The summed E-state index contributed by atoms with van der Waals surface area (Å²) < 4.78 is 16.8. The molecular formula is C22H22O3. The Morgan fingerprint density at radius 3 is 1.28 bits per heavy atom. The molecule has 0 unspecified atom stereocenters. The van der Waals surface area contributed by atoms with E-state index in [0.717, 1.165) is 28.2 Å². The average Bonchev–Trinajstić information content (AvgIpc) is 2.71. The zero-order valence-corrected chi connectivity index (χ0v) is 14.7. The van der Waals surface area contributed by atoms with Gasteiger partial charge in [0.25, 0.3) is 0 Å². The molecule has 3 aromatic carbocycles. The molecule has 0 atom stereocenters. The lowest BCUT2D eigenvalue weighted by Gasteiger charge is -2.34. The van der Waals surface area contributed by atoms with Crippen molar-refractivity contribution in [2.24, 2.45) is 0 Å². The highest BCUT2D eigenvalue weighted by Gasteiger charge is 2.36. The number of rotatable bonds is 6. The standard InChI is InChI=1S/C22H22O3/c1-23-20-13-9-18(10-14-20)22(25-3,17-7-5-4-6-8-17)19-11-15-21(24-2)16-12-19/h4-16H,1-3H3. The number of methoxy groups -OCH3 is 3. The molecule has 0 aromatic heterocycles. The summed E-state index contributed by atoms with van der Waals surface area (Å²) >= 11 is 0. The molecule has 0 aliphatic rings. The van der Waals surface area contributed by atoms with Gasteiger partial charge in [-0.25, -0.2) is 0 Å². The smallest absolute Gasteiger partial charge is 0.143 e. The number of ether oxygens (including phenoxy) is 3. The van der Waals surface area contributed by atoms with Crippen LogP contribution >= 0.6 is 0 Å². The van der Waals surface area contributed by atoms with Crippen LogP contribution in [-0.2, 0) is 10.3 Å². The lowest BCUT2D eigenvalue weighted by molar-refractivity contribution is 0.0584. The molecule has 0 N–H and O–H groups in total. The van der Waals surface area contributed by atoms with E-state index < -0.39 is 5.60 Å². The summed E-state index contributed by atoms with van der Waals surface area (Å²) in [6.45, 7) is 0. The van der Waals surface area contributed by atoms with E-state index >= 15 is 0 Å². The summed E-state index contributed by atoms with van der Waals surface area (Å²) in [5, 5.41) is 0. The predicted molar refractivity (Wildman–Crippen MR) is 99.3 cm³/mol. The van der Waals surface area contributed by atoms with Gasteiger partial charge in [0.15, 0.2) is 0 Å². The largest absolute Gasteiger partial charge is 0.497 e. The van der Waals surface area contributed by atoms with E-state index in [1.54, 1.807) is 21.3 Å². The third-order valence-electron chi connectivity index (χ3n) is 4.48. The van der Waals surface area contributed by atoms with Crippen LogP contribution in [0.2, 0.25) is 0 Å². The Kier molecular flexibility index (Phi) is 5.05. The first-order valence-corrected chi connectivity index (χ1v) is 8.14. The summed E-state index contributed by atoms with van der Waals surface area (Å²) in [5.41, 5.74) is 2.42. The van der Waals surface area contributed by atoms with E-state index in [-0.39, 0.29) is 0 Å². The van der Waals surface area contributed by atoms with Crippen LogP contribution in [0.1, 0.15) is 16.7 Å². The molecule has 0 fully saturated rings. The Hall–Kier alpha value is -2.78. The van der Waals surface area contributed by atoms with Crippen molar-refractivity contribution in [2.75, 3.05) is 21.3 Å². The van der Waals surface area contributed by atoms with Crippen LogP contribution in [0.3, 0.4) is 0 Å². The molecule has 0 amide bonds. The van der Waals surface area contributed by atoms with Gasteiger partial charge in [0.1, 0.15) is 17.1 Å². The van der Waals surface area contributed by atoms with Crippen molar-refractivity contribution >= 4 is 0 Å². The van der Waals surface area contributed by atoms with Crippen LogP contribution in [0, 0.1) is 0 Å². The molecule has 128 valence electrons. The second kappa shape index (κ2) is 7.41. The van der Waals surface area contributed by atoms with Crippen molar-refractivity contribution in [1.82, 2.24) is 0 Å². The van der Waals surface area contributed by atoms with Crippen molar-refractivity contribution in [3.8, 4) is 11.5 Å². The van der Waals surface area contributed by atoms with Crippen LogP contribution in [0.5, 0.6) is 11.5 Å². The van der Waals surface area contributed by atoms with Gasteiger partial charge in [-0.2, -0.15) is 0 Å². The van der Waals surface area contributed by atoms with E-state index in [1.807, 2.05) is 66.7 Å². The Labute approximate surface area is 148 Å². The lowest BCUT2D eigenvalue weighted by Crippen LogP contribution is -2.31. The molecule has 3 heteroatoms.